The van der Waals surface area contributed by atoms with Crippen molar-refractivity contribution in [1.29, 1.82) is 0 Å². The molecule has 0 spiro atoms. The first kappa shape index (κ1) is 19.0. The van der Waals surface area contributed by atoms with Crippen LogP contribution in [0.15, 0.2) is 12.3 Å². The van der Waals surface area contributed by atoms with Crippen LogP contribution in [-0.2, 0) is 20.9 Å². The number of rotatable bonds is 6. The maximum atomic E-state index is 11.7. The SMILES string of the molecule is COc1c(Cl)ccnc1COC(=O)CCNC(=O)OC(C)(C)C. The summed E-state index contributed by atoms with van der Waals surface area (Å²) in [5.41, 5.74) is -0.159. The van der Waals surface area contributed by atoms with Gasteiger partial charge in [0, 0.05) is 12.7 Å². The van der Waals surface area contributed by atoms with Gasteiger partial charge in [-0.05, 0) is 26.8 Å². The van der Waals surface area contributed by atoms with E-state index in [-0.39, 0.29) is 19.6 Å². The zero-order valence-corrected chi connectivity index (χ0v) is 14.4. The molecule has 7 nitrogen and oxygen atoms in total. The summed E-state index contributed by atoms with van der Waals surface area (Å²) < 4.78 is 15.2. The third-order valence-corrected chi connectivity index (χ3v) is 2.80. The fourth-order valence-electron chi connectivity index (χ4n) is 1.58. The van der Waals surface area contributed by atoms with Gasteiger partial charge in [0.05, 0.1) is 18.6 Å². The topological polar surface area (TPSA) is 86.8 Å². The largest absolute Gasteiger partial charge is 0.493 e. The van der Waals surface area contributed by atoms with E-state index in [0.717, 1.165) is 0 Å². The highest BCUT2D eigenvalue weighted by Crippen LogP contribution is 2.26. The van der Waals surface area contributed by atoms with Gasteiger partial charge in [-0.3, -0.25) is 9.78 Å². The monoisotopic (exact) mass is 344 g/mol. The Hall–Kier alpha value is -2.02. The maximum absolute atomic E-state index is 11.7. The molecule has 0 aromatic carbocycles. The molecule has 0 aliphatic rings. The minimum Gasteiger partial charge on any atom is -0.493 e. The van der Waals surface area contributed by atoms with Crippen LogP contribution < -0.4 is 10.1 Å². The molecule has 1 N–H and O–H groups in total. The zero-order valence-electron chi connectivity index (χ0n) is 13.6. The normalized spacial score (nSPS) is 10.8. The molecule has 0 aliphatic heterocycles. The van der Waals surface area contributed by atoms with Crippen LogP contribution in [0.5, 0.6) is 5.75 Å². The number of pyridine rings is 1. The van der Waals surface area contributed by atoms with E-state index in [0.29, 0.717) is 16.5 Å². The molecule has 0 fully saturated rings. The summed E-state index contributed by atoms with van der Waals surface area (Å²) in [4.78, 5) is 27.1. The number of ether oxygens (including phenoxy) is 3. The lowest BCUT2D eigenvalue weighted by molar-refractivity contribution is -0.144. The van der Waals surface area contributed by atoms with E-state index in [1.54, 1.807) is 26.8 Å². The van der Waals surface area contributed by atoms with Gasteiger partial charge in [-0.2, -0.15) is 0 Å². The Bertz CT molecular complexity index is 557. The van der Waals surface area contributed by atoms with Crippen molar-refractivity contribution < 1.29 is 23.8 Å². The van der Waals surface area contributed by atoms with Gasteiger partial charge < -0.3 is 19.5 Å². The lowest BCUT2D eigenvalue weighted by Gasteiger charge is -2.19. The number of amides is 1. The number of halogens is 1. The lowest BCUT2D eigenvalue weighted by atomic mass is 10.2. The first-order chi connectivity index (χ1) is 10.7. The van der Waals surface area contributed by atoms with Crippen molar-refractivity contribution >= 4 is 23.7 Å². The Morgan fingerprint density at radius 2 is 2.04 bits per heavy atom. The Morgan fingerprint density at radius 1 is 1.35 bits per heavy atom. The second-order valence-corrected chi connectivity index (χ2v) is 6.02. The van der Waals surface area contributed by atoms with Gasteiger partial charge in [0.2, 0.25) is 0 Å². The van der Waals surface area contributed by atoms with Crippen LogP contribution in [0.3, 0.4) is 0 Å². The quantitative estimate of drug-likeness (QED) is 0.798. The van der Waals surface area contributed by atoms with E-state index in [1.807, 2.05) is 0 Å². The molecule has 1 rings (SSSR count). The molecule has 23 heavy (non-hydrogen) atoms. The van der Waals surface area contributed by atoms with Crippen molar-refractivity contribution in [3.63, 3.8) is 0 Å². The molecule has 8 heteroatoms. The van der Waals surface area contributed by atoms with Crippen LogP contribution in [0.25, 0.3) is 0 Å². The van der Waals surface area contributed by atoms with Crippen molar-refractivity contribution in [2.75, 3.05) is 13.7 Å². The molecule has 0 unspecified atom stereocenters. The van der Waals surface area contributed by atoms with Crippen LogP contribution in [0.4, 0.5) is 4.79 Å². The Balaban J connectivity index is 2.36. The summed E-state index contributed by atoms with van der Waals surface area (Å²) in [6, 6.07) is 1.58. The standard InChI is InChI=1S/C15H21ClN2O5/c1-15(2,3)23-14(20)18-8-6-12(19)22-9-11-13(21-4)10(16)5-7-17-11/h5,7H,6,8-9H2,1-4H3,(H,18,20). The first-order valence-electron chi connectivity index (χ1n) is 7.03. The minimum absolute atomic E-state index is 0.0160. The van der Waals surface area contributed by atoms with E-state index in [1.165, 1.54) is 13.3 Å². The highest BCUT2D eigenvalue weighted by Gasteiger charge is 2.16. The van der Waals surface area contributed by atoms with Gasteiger partial charge in [0.25, 0.3) is 0 Å². The average molecular weight is 345 g/mol. The summed E-state index contributed by atoms with van der Waals surface area (Å²) >= 11 is 5.95. The van der Waals surface area contributed by atoms with Crippen molar-refractivity contribution in [3.05, 3.63) is 23.0 Å². The Morgan fingerprint density at radius 3 is 2.65 bits per heavy atom. The summed E-state index contributed by atoms with van der Waals surface area (Å²) in [7, 11) is 1.46. The summed E-state index contributed by atoms with van der Waals surface area (Å²) in [5.74, 6) is -0.112. The van der Waals surface area contributed by atoms with E-state index in [2.05, 4.69) is 10.3 Å². The molecule has 0 atom stereocenters. The van der Waals surface area contributed by atoms with Crippen LogP contribution in [0.1, 0.15) is 32.9 Å². The first-order valence-corrected chi connectivity index (χ1v) is 7.40. The van der Waals surface area contributed by atoms with Gasteiger partial charge in [0.1, 0.15) is 17.9 Å². The Labute approximate surface area is 140 Å². The van der Waals surface area contributed by atoms with Crippen molar-refractivity contribution in [3.8, 4) is 5.75 Å². The molecule has 1 heterocycles. The molecule has 1 amide bonds. The number of aromatic nitrogens is 1. The van der Waals surface area contributed by atoms with Crippen molar-refractivity contribution in [1.82, 2.24) is 10.3 Å². The molecule has 1 aromatic rings. The molecular formula is C15H21ClN2O5. The van der Waals surface area contributed by atoms with Gasteiger partial charge in [0.15, 0.2) is 5.75 Å². The molecule has 0 aliphatic carbocycles. The number of carbonyl (C=O) groups is 2. The van der Waals surface area contributed by atoms with Gasteiger partial charge >= 0.3 is 12.1 Å². The van der Waals surface area contributed by atoms with Gasteiger partial charge in [-0.1, -0.05) is 11.6 Å². The minimum atomic E-state index is -0.584. The third-order valence-electron chi connectivity index (χ3n) is 2.50. The van der Waals surface area contributed by atoms with Crippen molar-refractivity contribution in [2.45, 2.75) is 39.4 Å². The predicted molar refractivity (Wildman–Crippen MR) is 84.4 cm³/mol. The molecule has 0 bridgehead atoms. The number of nitrogens with zero attached hydrogens (tertiary/aromatic N) is 1. The van der Waals surface area contributed by atoms with E-state index in [9.17, 15) is 9.59 Å². The number of carbonyl (C=O) groups excluding carboxylic acids is 2. The van der Waals surface area contributed by atoms with E-state index < -0.39 is 17.7 Å². The Kier molecular flexibility index (Phi) is 7.09. The molecule has 0 saturated carbocycles. The molecule has 0 radical (unpaired) electrons. The number of methoxy groups -OCH3 is 1. The van der Waals surface area contributed by atoms with Crippen molar-refractivity contribution in [2.24, 2.45) is 0 Å². The number of alkyl carbamates (subject to hydrolysis) is 1. The highest BCUT2D eigenvalue weighted by atomic mass is 35.5. The van der Waals surface area contributed by atoms with E-state index in [4.69, 9.17) is 25.8 Å². The zero-order chi connectivity index (χ0) is 17.5. The number of hydrogen-bond donors (Lipinski definition) is 1. The van der Waals surface area contributed by atoms with Crippen LogP contribution in [0, 0.1) is 0 Å². The van der Waals surface area contributed by atoms with Crippen LogP contribution in [-0.4, -0.2) is 36.3 Å². The second-order valence-electron chi connectivity index (χ2n) is 5.61. The molecule has 0 saturated heterocycles. The van der Waals surface area contributed by atoms with E-state index >= 15 is 0 Å². The fraction of sp³-hybridized carbons (Fsp3) is 0.533. The average Bonchev–Trinajstić information content (AvgIpc) is 2.43. The predicted octanol–water partition coefficient (Wildman–Crippen LogP) is 2.70. The lowest BCUT2D eigenvalue weighted by Crippen LogP contribution is -2.33. The number of hydrogen-bond acceptors (Lipinski definition) is 6. The third kappa shape index (κ3) is 7.19. The summed E-state index contributed by atoms with van der Waals surface area (Å²) in [5, 5.41) is 2.87. The molecule has 1 aromatic heterocycles. The summed E-state index contributed by atoms with van der Waals surface area (Å²) in [6.45, 7) is 5.33. The highest BCUT2D eigenvalue weighted by molar-refractivity contribution is 6.32. The second kappa shape index (κ2) is 8.57. The number of esters is 1. The smallest absolute Gasteiger partial charge is 0.407 e. The van der Waals surface area contributed by atoms with Gasteiger partial charge in [-0.15, -0.1) is 0 Å². The van der Waals surface area contributed by atoms with Crippen LogP contribution in [0.2, 0.25) is 5.02 Å². The van der Waals surface area contributed by atoms with Gasteiger partial charge in [-0.25, -0.2) is 4.79 Å². The van der Waals surface area contributed by atoms with Crippen LogP contribution >= 0.6 is 11.6 Å². The fourth-order valence-corrected chi connectivity index (χ4v) is 1.83. The summed E-state index contributed by atoms with van der Waals surface area (Å²) in [6.07, 6.45) is 0.934. The maximum Gasteiger partial charge on any atom is 0.407 e. The number of nitrogens with one attached hydrogen (secondary N) is 1. The molecular weight excluding hydrogens is 324 g/mol. The molecule has 128 valence electrons.